The zero-order chi connectivity index (χ0) is 16.0. The molecule has 0 aliphatic carbocycles. The van der Waals surface area contributed by atoms with Crippen LogP contribution in [-0.2, 0) is 4.74 Å². The van der Waals surface area contributed by atoms with Crippen LogP contribution in [0, 0.1) is 5.92 Å². The fourth-order valence-electron chi connectivity index (χ4n) is 3.84. The summed E-state index contributed by atoms with van der Waals surface area (Å²) < 4.78 is 18.1. The molecule has 2 aliphatic heterocycles. The maximum absolute atomic E-state index is 6.48. The SMILES string of the molecule is COc1cccc([C@H]2C[C@H]3[C@H](O2)c2ccccc2OC3(C)C)c1. The first-order valence-corrected chi connectivity index (χ1v) is 8.16. The maximum Gasteiger partial charge on any atom is 0.125 e. The van der Waals surface area contributed by atoms with Crippen LogP contribution in [0.15, 0.2) is 48.5 Å². The summed E-state index contributed by atoms with van der Waals surface area (Å²) in [6, 6.07) is 16.4. The molecule has 3 atom stereocenters. The number of benzene rings is 2. The van der Waals surface area contributed by atoms with Crippen LogP contribution in [-0.4, -0.2) is 12.7 Å². The minimum Gasteiger partial charge on any atom is -0.497 e. The molecule has 3 nitrogen and oxygen atoms in total. The summed E-state index contributed by atoms with van der Waals surface area (Å²) in [4.78, 5) is 0. The van der Waals surface area contributed by atoms with E-state index in [1.807, 2.05) is 24.3 Å². The minimum atomic E-state index is -0.230. The van der Waals surface area contributed by atoms with E-state index in [-0.39, 0.29) is 17.8 Å². The first kappa shape index (κ1) is 14.6. The molecule has 0 unspecified atom stereocenters. The number of para-hydroxylation sites is 1. The van der Waals surface area contributed by atoms with Gasteiger partial charge in [-0.05, 0) is 44.0 Å². The fraction of sp³-hybridized carbons (Fsp3) is 0.400. The molecule has 2 aromatic rings. The second-order valence-corrected chi connectivity index (χ2v) is 6.91. The summed E-state index contributed by atoms with van der Waals surface area (Å²) in [6.07, 6.45) is 1.12. The standard InChI is InChI=1S/C20H22O3/c1-20(2)16-12-18(13-7-6-8-14(11-13)21-3)22-19(16)15-9-4-5-10-17(15)23-20/h4-11,16,18-19H,12H2,1-3H3/t16-,18+,19+/m0/s1. The Morgan fingerprint density at radius 2 is 1.91 bits per heavy atom. The van der Waals surface area contributed by atoms with Crippen molar-refractivity contribution in [2.75, 3.05) is 7.11 Å². The van der Waals surface area contributed by atoms with Crippen molar-refractivity contribution in [3.8, 4) is 11.5 Å². The average Bonchev–Trinajstić information content (AvgIpc) is 3.01. The molecular weight excluding hydrogens is 288 g/mol. The van der Waals surface area contributed by atoms with Crippen molar-refractivity contribution in [2.45, 2.75) is 38.1 Å². The van der Waals surface area contributed by atoms with Gasteiger partial charge in [-0.25, -0.2) is 0 Å². The zero-order valence-electron chi connectivity index (χ0n) is 13.8. The number of fused-ring (bicyclic) bond motifs is 3. The lowest BCUT2D eigenvalue weighted by Crippen LogP contribution is -2.42. The van der Waals surface area contributed by atoms with E-state index in [9.17, 15) is 0 Å². The van der Waals surface area contributed by atoms with E-state index in [0.29, 0.717) is 5.92 Å². The lowest BCUT2D eigenvalue weighted by molar-refractivity contribution is -0.0422. The van der Waals surface area contributed by atoms with E-state index in [1.54, 1.807) is 7.11 Å². The first-order valence-electron chi connectivity index (χ1n) is 8.16. The monoisotopic (exact) mass is 310 g/mol. The third-order valence-electron chi connectivity index (χ3n) is 5.10. The molecule has 1 fully saturated rings. The topological polar surface area (TPSA) is 27.7 Å². The van der Waals surface area contributed by atoms with Crippen molar-refractivity contribution in [1.29, 1.82) is 0 Å². The first-order chi connectivity index (χ1) is 11.1. The highest BCUT2D eigenvalue weighted by atomic mass is 16.5. The van der Waals surface area contributed by atoms with Gasteiger partial charge in [0.05, 0.1) is 19.3 Å². The van der Waals surface area contributed by atoms with Gasteiger partial charge in [-0.2, -0.15) is 0 Å². The van der Waals surface area contributed by atoms with Crippen LogP contribution in [0.4, 0.5) is 0 Å². The average molecular weight is 310 g/mol. The molecule has 120 valence electrons. The molecule has 1 saturated heterocycles. The summed E-state index contributed by atoms with van der Waals surface area (Å²) in [7, 11) is 1.70. The van der Waals surface area contributed by atoms with Gasteiger partial charge >= 0.3 is 0 Å². The van der Waals surface area contributed by atoms with Crippen LogP contribution in [0.1, 0.15) is 43.6 Å². The highest BCUT2D eigenvalue weighted by Gasteiger charge is 2.50. The lowest BCUT2D eigenvalue weighted by atomic mass is 9.78. The number of hydrogen-bond donors (Lipinski definition) is 0. The van der Waals surface area contributed by atoms with Gasteiger partial charge in [-0.15, -0.1) is 0 Å². The predicted molar refractivity (Wildman–Crippen MR) is 88.8 cm³/mol. The summed E-state index contributed by atoms with van der Waals surface area (Å²) in [5.41, 5.74) is 2.11. The number of rotatable bonds is 2. The van der Waals surface area contributed by atoms with Crippen molar-refractivity contribution < 1.29 is 14.2 Å². The Balaban J connectivity index is 1.70. The Hall–Kier alpha value is -2.00. The van der Waals surface area contributed by atoms with E-state index in [2.05, 4.69) is 38.1 Å². The van der Waals surface area contributed by atoms with Crippen molar-refractivity contribution >= 4 is 0 Å². The minimum absolute atomic E-state index is 0.0779. The Bertz CT molecular complexity index is 722. The van der Waals surface area contributed by atoms with Gasteiger partial charge < -0.3 is 14.2 Å². The summed E-state index contributed by atoms with van der Waals surface area (Å²) >= 11 is 0. The zero-order valence-corrected chi connectivity index (χ0v) is 13.8. The number of methoxy groups -OCH3 is 1. The van der Waals surface area contributed by atoms with E-state index in [0.717, 1.165) is 17.9 Å². The third kappa shape index (κ3) is 2.40. The van der Waals surface area contributed by atoms with Crippen LogP contribution in [0.2, 0.25) is 0 Å². The second kappa shape index (κ2) is 5.27. The van der Waals surface area contributed by atoms with Crippen LogP contribution in [0.5, 0.6) is 11.5 Å². The molecule has 0 bridgehead atoms. The van der Waals surface area contributed by atoms with Gasteiger partial charge in [0.25, 0.3) is 0 Å². The molecule has 2 aliphatic rings. The van der Waals surface area contributed by atoms with Crippen LogP contribution < -0.4 is 9.47 Å². The van der Waals surface area contributed by atoms with Crippen molar-refractivity contribution in [3.63, 3.8) is 0 Å². The summed E-state index contributed by atoms with van der Waals surface area (Å²) in [6.45, 7) is 4.33. The highest BCUT2D eigenvalue weighted by Crippen LogP contribution is 2.55. The maximum atomic E-state index is 6.48. The van der Waals surface area contributed by atoms with Gasteiger partial charge in [0.1, 0.15) is 17.1 Å². The van der Waals surface area contributed by atoms with Crippen molar-refractivity contribution in [3.05, 3.63) is 59.7 Å². The molecule has 0 saturated carbocycles. The predicted octanol–water partition coefficient (Wildman–Crippen LogP) is 4.69. The molecule has 23 heavy (non-hydrogen) atoms. The van der Waals surface area contributed by atoms with Crippen LogP contribution >= 0.6 is 0 Å². The summed E-state index contributed by atoms with van der Waals surface area (Å²) in [5.74, 6) is 2.16. The largest absolute Gasteiger partial charge is 0.497 e. The Morgan fingerprint density at radius 1 is 1.09 bits per heavy atom. The molecule has 4 rings (SSSR count). The van der Waals surface area contributed by atoms with Gasteiger partial charge in [-0.3, -0.25) is 0 Å². The van der Waals surface area contributed by atoms with E-state index in [1.165, 1.54) is 11.1 Å². The van der Waals surface area contributed by atoms with Gasteiger partial charge in [0.15, 0.2) is 0 Å². The normalized spacial score (nSPS) is 27.7. The van der Waals surface area contributed by atoms with Crippen molar-refractivity contribution in [2.24, 2.45) is 5.92 Å². The summed E-state index contributed by atoms with van der Waals surface area (Å²) in [5, 5.41) is 0. The fourth-order valence-corrected chi connectivity index (χ4v) is 3.84. The Labute approximate surface area is 137 Å². The van der Waals surface area contributed by atoms with Gasteiger partial charge in [0.2, 0.25) is 0 Å². The van der Waals surface area contributed by atoms with E-state index >= 15 is 0 Å². The number of hydrogen-bond acceptors (Lipinski definition) is 3. The van der Waals surface area contributed by atoms with Crippen LogP contribution in [0.3, 0.4) is 0 Å². The molecule has 0 radical (unpaired) electrons. The molecule has 3 heteroatoms. The molecule has 0 amide bonds. The van der Waals surface area contributed by atoms with E-state index in [4.69, 9.17) is 14.2 Å². The quantitative estimate of drug-likeness (QED) is 0.805. The van der Waals surface area contributed by atoms with Crippen molar-refractivity contribution in [1.82, 2.24) is 0 Å². The van der Waals surface area contributed by atoms with E-state index < -0.39 is 0 Å². The molecule has 0 N–H and O–H groups in total. The Kier molecular flexibility index (Phi) is 3.34. The highest BCUT2D eigenvalue weighted by molar-refractivity contribution is 5.40. The number of ether oxygens (including phenoxy) is 3. The Morgan fingerprint density at radius 3 is 2.74 bits per heavy atom. The third-order valence-corrected chi connectivity index (χ3v) is 5.10. The molecule has 2 aromatic carbocycles. The van der Waals surface area contributed by atoms with Gasteiger partial charge in [0, 0.05) is 11.5 Å². The smallest absolute Gasteiger partial charge is 0.125 e. The lowest BCUT2D eigenvalue weighted by Gasteiger charge is -2.40. The van der Waals surface area contributed by atoms with Gasteiger partial charge in [-0.1, -0.05) is 30.3 Å². The second-order valence-electron chi connectivity index (χ2n) is 6.91. The molecule has 0 spiro atoms. The molecule has 0 aromatic heterocycles. The van der Waals surface area contributed by atoms with Crippen LogP contribution in [0.25, 0.3) is 0 Å². The molecule has 2 heterocycles. The molecular formula is C20H22O3.